The van der Waals surface area contributed by atoms with E-state index >= 15 is 0 Å². The summed E-state index contributed by atoms with van der Waals surface area (Å²) in [6.07, 6.45) is 0. The number of hydrogen-bond acceptors (Lipinski definition) is 5. The van der Waals surface area contributed by atoms with Crippen molar-refractivity contribution in [2.75, 3.05) is 12.4 Å². The van der Waals surface area contributed by atoms with Gasteiger partial charge in [0.05, 0.1) is 7.11 Å². The summed E-state index contributed by atoms with van der Waals surface area (Å²) in [5.74, 6) is -0.231. The van der Waals surface area contributed by atoms with Crippen LogP contribution in [0.3, 0.4) is 0 Å². The van der Waals surface area contributed by atoms with Crippen molar-refractivity contribution in [1.29, 1.82) is 0 Å². The van der Waals surface area contributed by atoms with Crippen LogP contribution in [0.15, 0.2) is 18.2 Å². The van der Waals surface area contributed by atoms with Gasteiger partial charge in [-0.2, -0.15) is 15.0 Å². The molecule has 0 fully saturated rings. The van der Waals surface area contributed by atoms with E-state index in [1.165, 1.54) is 19.2 Å². The van der Waals surface area contributed by atoms with E-state index in [0.29, 0.717) is 5.69 Å². The van der Waals surface area contributed by atoms with E-state index in [0.717, 1.165) is 0 Å². The molecule has 1 heterocycles. The summed E-state index contributed by atoms with van der Waals surface area (Å²) in [4.78, 5) is 11.2. The maximum Gasteiger partial charge on any atom is 0.232 e. The fourth-order valence-electron chi connectivity index (χ4n) is 1.26. The van der Waals surface area contributed by atoms with Crippen LogP contribution < -0.4 is 10.1 Å². The lowest BCUT2D eigenvalue weighted by molar-refractivity contribution is 0.386. The summed E-state index contributed by atoms with van der Waals surface area (Å²) in [6.45, 7) is 0. The molecule has 0 saturated heterocycles. The molecule has 0 saturated carbocycles. The van der Waals surface area contributed by atoms with Crippen LogP contribution in [-0.2, 0) is 0 Å². The zero-order valence-corrected chi connectivity index (χ0v) is 10.6. The van der Waals surface area contributed by atoms with Crippen LogP contribution in [0.5, 0.6) is 5.75 Å². The predicted molar refractivity (Wildman–Crippen MR) is 66.1 cm³/mol. The van der Waals surface area contributed by atoms with Crippen LogP contribution >= 0.6 is 23.2 Å². The second kappa shape index (κ2) is 5.32. The second-order valence-corrected chi connectivity index (χ2v) is 3.85. The number of benzene rings is 1. The van der Waals surface area contributed by atoms with Crippen LogP contribution in [0, 0.1) is 5.82 Å². The van der Waals surface area contributed by atoms with Gasteiger partial charge in [-0.3, -0.25) is 0 Å². The first-order chi connectivity index (χ1) is 8.58. The van der Waals surface area contributed by atoms with Crippen LogP contribution in [0.4, 0.5) is 16.0 Å². The molecule has 0 bridgehead atoms. The molecule has 94 valence electrons. The lowest BCUT2D eigenvalue weighted by Gasteiger charge is -2.07. The molecule has 0 spiro atoms. The third-order valence-corrected chi connectivity index (χ3v) is 2.33. The molecule has 8 heteroatoms. The van der Waals surface area contributed by atoms with Gasteiger partial charge in [-0.25, -0.2) is 4.39 Å². The third kappa shape index (κ3) is 2.96. The quantitative estimate of drug-likeness (QED) is 0.941. The van der Waals surface area contributed by atoms with Crippen molar-refractivity contribution in [2.24, 2.45) is 0 Å². The molecule has 0 aliphatic heterocycles. The number of halogens is 3. The summed E-state index contributed by atoms with van der Waals surface area (Å²) < 4.78 is 18.2. The number of methoxy groups -OCH3 is 1. The number of ether oxygens (including phenoxy) is 1. The zero-order chi connectivity index (χ0) is 13.1. The molecule has 0 aliphatic carbocycles. The maximum atomic E-state index is 13.4. The SMILES string of the molecule is COc1ccc(Nc2nc(Cl)nc(Cl)n2)cc1F. The molecule has 1 N–H and O–H groups in total. The monoisotopic (exact) mass is 288 g/mol. The van der Waals surface area contributed by atoms with E-state index < -0.39 is 5.82 Å². The number of aromatic nitrogens is 3. The molecule has 2 rings (SSSR count). The molecular formula is C10H7Cl2FN4O. The van der Waals surface area contributed by atoms with Crippen molar-refractivity contribution in [3.05, 3.63) is 34.6 Å². The summed E-state index contributed by atoms with van der Waals surface area (Å²) in [6, 6.07) is 4.32. The van der Waals surface area contributed by atoms with Gasteiger partial charge < -0.3 is 10.1 Å². The Morgan fingerprint density at radius 3 is 2.39 bits per heavy atom. The molecule has 1 aromatic heterocycles. The fourth-order valence-corrected chi connectivity index (χ4v) is 1.62. The molecular weight excluding hydrogens is 282 g/mol. The van der Waals surface area contributed by atoms with Crippen molar-refractivity contribution >= 4 is 34.8 Å². The molecule has 5 nitrogen and oxygen atoms in total. The smallest absolute Gasteiger partial charge is 0.232 e. The topological polar surface area (TPSA) is 59.9 Å². The second-order valence-electron chi connectivity index (χ2n) is 3.17. The Morgan fingerprint density at radius 2 is 1.83 bits per heavy atom. The first kappa shape index (κ1) is 12.8. The summed E-state index contributed by atoms with van der Waals surface area (Å²) in [7, 11) is 1.39. The molecule has 0 unspecified atom stereocenters. The minimum atomic E-state index is -0.506. The van der Waals surface area contributed by atoms with Crippen molar-refractivity contribution in [3.63, 3.8) is 0 Å². The number of anilines is 2. The third-order valence-electron chi connectivity index (χ3n) is 1.99. The minimum Gasteiger partial charge on any atom is -0.494 e. The van der Waals surface area contributed by atoms with Gasteiger partial charge >= 0.3 is 0 Å². The van der Waals surface area contributed by atoms with E-state index in [9.17, 15) is 4.39 Å². The minimum absolute atomic E-state index is 0.0496. The highest BCUT2D eigenvalue weighted by atomic mass is 35.5. The average molecular weight is 289 g/mol. The van der Waals surface area contributed by atoms with E-state index in [1.807, 2.05) is 0 Å². The predicted octanol–water partition coefficient (Wildman–Crippen LogP) is 3.07. The highest BCUT2D eigenvalue weighted by Crippen LogP contribution is 2.22. The van der Waals surface area contributed by atoms with Gasteiger partial charge in [0, 0.05) is 11.8 Å². The number of rotatable bonds is 3. The summed E-state index contributed by atoms with van der Waals surface area (Å²) in [5.41, 5.74) is 0.437. The molecule has 0 amide bonds. The summed E-state index contributed by atoms with van der Waals surface area (Å²) >= 11 is 11.2. The normalized spacial score (nSPS) is 10.2. The van der Waals surface area contributed by atoms with Crippen LogP contribution in [0.25, 0.3) is 0 Å². The van der Waals surface area contributed by atoms with Crippen molar-refractivity contribution < 1.29 is 9.13 Å². The van der Waals surface area contributed by atoms with E-state index in [4.69, 9.17) is 27.9 Å². The average Bonchev–Trinajstić information content (AvgIpc) is 2.27. The molecule has 0 atom stereocenters. The number of nitrogens with zero attached hydrogens (tertiary/aromatic N) is 3. The van der Waals surface area contributed by atoms with Crippen LogP contribution in [-0.4, -0.2) is 22.1 Å². The Kier molecular flexibility index (Phi) is 3.78. The molecule has 18 heavy (non-hydrogen) atoms. The lowest BCUT2D eigenvalue weighted by atomic mass is 10.3. The Morgan fingerprint density at radius 1 is 1.17 bits per heavy atom. The van der Waals surface area contributed by atoms with Crippen molar-refractivity contribution in [1.82, 2.24) is 15.0 Å². The Balaban J connectivity index is 2.25. The van der Waals surface area contributed by atoms with E-state index in [-0.39, 0.29) is 22.3 Å². The molecule has 0 radical (unpaired) electrons. The molecule has 2 aromatic rings. The lowest BCUT2D eigenvalue weighted by Crippen LogP contribution is -2.00. The fraction of sp³-hybridized carbons (Fsp3) is 0.100. The summed E-state index contributed by atoms with van der Waals surface area (Å²) in [5, 5.41) is 2.65. The van der Waals surface area contributed by atoms with Gasteiger partial charge in [0.2, 0.25) is 16.5 Å². The number of hydrogen-bond donors (Lipinski definition) is 1. The number of nitrogens with one attached hydrogen (secondary N) is 1. The van der Waals surface area contributed by atoms with Crippen molar-refractivity contribution in [3.8, 4) is 5.75 Å². The van der Waals surface area contributed by atoms with Crippen molar-refractivity contribution in [2.45, 2.75) is 0 Å². The first-order valence-electron chi connectivity index (χ1n) is 4.76. The Bertz CT molecular complexity index is 562. The molecule has 1 aromatic carbocycles. The first-order valence-corrected chi connectivity index (χ1v) is 5.51. The largest absolute Gasteiger partial charge is 0.494 e. The molecule has 0 aliphatic rings. The van der Waals surface area contributed by atoms with Gasteiger partial charge in [-0.15, -0.1) is 0 Å². The Hall–Kier alpha value is -1.66. The highest BCUT2D eigenvalue weighted by molar-refractivity contribution is 6.31. The van der Waals surface area contributed by atoms with E-state index in [1.54, 1.807) is 6.07 Å². The van der Waals surface area contributed by atoms with Gasteiger partial charge in [-0.05, 0) is 35.3 Å². The standard InChI is InChI=1S/C10H7Cl2FN4O/c1-18-7-3-2-5(4-6(7)13)14-10-16-8(11)15-9(12)17-10/h2-4H,1H3,(H,14,15,16,17). The zero-order valence-electron chi connectivity index (χ0n) is 9.12. The van der Waals surface area contributed by atoms with Gasteiger partial charge in [0.1, 0.15) is 0 Å². The van der Waals surface area contributed by atoms with Gasteiger partial charge in [-0.1, -0.05) is 0 Å². The van der Waals surface area contributed by atoms with E-state index in [2.05, 4.69) is 20.3 Å². The van der Waals surface area contributed by atoms with Gasteiger partial charge in [0.15, 0.2) is 11.6 Å². The Labute approximate surface area is 112 Å². The van der Waals surface area contributed by atoms with Gasteiger partial charge in [0.25, 0.3) is 0 Å². The van der Waals surface area contributed by atoms with Crippen LogP contribution in [0.1, 0.15) is 0 Å². The highest BCUT2D eigenvalue weighted by Gasteiger charge is 2.06. The maximum absolute atomic E-state index is 13.4. The van der Waals surface area contributed by atoms with Crippen LogP contribution in [0.2, 0.25) is 10.6 Å².